The van der Waals surface area contributed by atoms with Crippen LogP contribution < -0.4 is 10.2 Å². The van der Waals surface area contributed by atoms with Crippen LogP contribution in [0.4, 0.5) is 5.13 Å². The van der Waals surface area contributed by atoms with E-state index in [9.17, 15) is 9.59 Å². The highest BCUT2D eigenvalue weighted by Gasteiger charge is 2.25. The first kappa shape index (κ1) is 18.3. The van der Waals surface area contributed by atoms with Crippen LogP contribution in [-0.4, -0.2) is 28.3 Å². The summed E-state index contributed by atoms with van der Waals surface area (Å²) in [5.74, 6) is -0.0336. The molecule has 4 rings (SSSR count). The summed E-state index contributed by atoms with van der Waals surface area (Å²) in [6.45, 7) is 0.702. The summed E-state index contributed by atoms with van der Waals surface area (Å²) in [4.78, 5) is 35.2. The molecule has 7 heteroatoms. The molecule has 1 unspecified atom stereocenters. The number of nitrogens with zero attached hydrogens (tertiary/aromatic N) is 3. The first-order valence-electron chi connectivity index (χ1n) is 9.21. The van der Waals surface area contributed by atoms with Crippen LogP contribution in [0.3, 0.4) is 0 Å². The van der Waals surface area contributed by atoms with Gasteiger partial charge in [0.25, 0.3) is 0 Å². The Morgan fingerprint density at radius 1 is 1.18 bits per heavy atom. The lowest BCUT2D eigenvalue weighted by molar-refractivity contribution is -0.121. The Labute approximate surface area is 167 Å². The van der Waals surface area contributed by atoms with Gasteiger partial charge in [0.15, 0.2) is 5.13 Å². The van der Waals surface area contributed by atoms with Gasteiger partial charge < -0.3 is 5.32 Å². The molecular formula is C21H20N4O2S. The summed E-state index contributed by atoms with van der Waals surface area (Å²) in [5.41, 5.74) is 2.42. The predicted octanol–water partition coefficient (Wildman–Crippen LogP) is 3.11. The van der Waals surface area contributed by atoms with E-state index >= 15 is 0 Å². The quantitative estimate of drug-likeness (QED) is 0.699. The Hall–Kier alpha value is -3.06. The van der Waals surface area contributed by atoms with Gasteiger partial charge in [-0.15, -0.1) is 11.3 Å². The molecule has 1 N–H and O–H groups in total. The topological polar surface area (TPSA) is 75.2 Å². The molecule has 0 aliphatic carbocycles. The molecule has 28 heavy (non-hydrogen) atoms. The van der Waals surface area contributed by atoms with Gasteiger partial charge in [-0.05, 0) is 24.1 Å². The molecule has 3 heterocycles. The Kier molecular flexibility index (Phi) is 5.43. The van der Waals surface area contributed by atoms with Crippen LogP contribution in [-0.2, 0) is 16.0 Å². The van der Waals surface area contributed by atoms with Crippen LogP contribution in [0.2, 0.25) is 0 Å². The van der Waals surface area contributed by atoms with E-state index in [0.717, 1.165) is 17.7 Å². The minimum Gasteiger partial charge on any atom is -0.343 e. The average Bonchev–Trinajstić information content (AvgIpc) is 3.36. The molecule has 142 valence electrons. The largest absolute Gasteiger partial charge is 0.343 e. The Bertz CT molecular complexity index is 919. The number of carbonyl (C=O) groups is 2. The summed E-state index contributed by atoms with van der Waals surface area (Å²) < 4.78 is 0. The summed E-state index contributed by atoms with van der Waals surface area (Å²) in [6.07, 6.45) is 3.31. The summed E-state index contributed by atoms with van der Waals surface area (Å²) in [7, 11) is 0. The van der Waals surface area contributed by atoms with Gasteiger partial charge in [0.2, 0.25) is 11.8 Å². The molecular weight excluding hydrogens is 372 g/mol. The van der Waals surface area contributed by atoms with Gasteiger partial charge >= 0.3 is 0 Å². The van der Waals surface area contributed by atoms with E-state index in [0.29, 0.717) is 23.8 Å². The molecule has 1 aliphatic heterocycles. The SMILES string of the molecule is O=C(Cc1csc(N2CCCC2=O)n1)NC(c1ccccc1)c1ccccn1. The van der Waals surface area contributed by atoms with Crippen molar-refractivity contribution in [1.82, 2.24) is 15.3 Å². The highest BCUT2D eigenvalue weighted by atomic mass is 32.1. The van der Waals surface area contributed by atoms with Crippen molar-refractivity contribution in [2.75, 3.05) is 11.4 Å². The lowest BCUT2D eigenvalue weighted by Gasteiger charge is -2.18. The van der Waals surface area contributed by atoms with Gasteiger partial charge in [-0.2, -0.15) is 0 Å². The van der Waals surface area contributed by atoms with Crippen LogP contribution in [0.15, 0.2) is 60.1 Å². The predicted molar refractivity (Wildman–Crippen MR) is 108 cm³/mol. The first-order valence-corrected chi connectivity index (χ1v) is 10.1. The number of nitrogens with one attached hydrogen (secondary N) is 1. The number of pyridine rings is 1. The van der Waals surface area contributed by atoms with Crippen molar-refractivity contribution in [3.05, 3.63) is 77.1 Å². The lowest BCUT2D eigenvalue weighted by Crippen LogP contribution is -2.31. The van der Waals surface area contributed by atoms with E-state index in [1.54, 1.807) is 11.1 Å². The van der Waals surface area contributed by atoms with Crippen molar-refractivity contribution in [2.24, 2.45) is 0 Å². The van der Waals surface area contributed by atoms with Gasteiger partial charge in [0, 0.05) is 24.5 Å². The van der Waals surface area contributed by atoms with E-state index in [4.69, 9.17) is 0 Å². The second-order valence-electron chi connectivity index (χ2n) is 6.61. The molecule has 1 saturated heterocycles. The monoisotopic (exact) mass is 392 g/mol. The molecule has 0 bridgehead atoms. The third-order valence-corrected chi connectivity index (χ3v) is 5.52. The highest BCUT2D eigenvalue weighted by Crippen LogP contribution is 2.26. The van der Waals surface area contributed by atoms with Gasteiger partial charge in [0.05, 0.1) is 23.9 Å². The second-order valence-corrected chi connectivity index (χ2v) is 7.45. The van der Waals surface area contributed by atoms with Crippen molar-refractivity contribution in [3.8, 4) is 0 Å². The maximum absolute atomic E-state index is 12.7. The van der Waals surface area contributed by atoms with Gasteiger partial charge in [-0.25, -0.2) is 4.98 Å². The fourth-order valence-electron chi connectivity index (χ4n) is 3.25. The molecule has 0 radical (unpaired) electrons. The Morgan fingerprint density at radius 3 is 2.71 bits per heavy atom. The third kappa shape index (κ3) is 4.09. The molecule has 0 saturated carbocycles. The lowest BCUT2D eigenvalue weighted by atomic mass is 10.0. The molecule has 1 atom stereocenters. The number of thiazole rings is 1. The van der Waals surface area contributed by atoms with E-state index in [2.05, 4.69) is 15.3 Å². The van der Waals surface area contributed by atoms with E-state index in [1.807, 2.05) is 53.9 Å². The summed E-state index contributed by atoms with van der Waals surface area (Å²) in [6, 6.07) is 15.1. The number of hydrogen-bond acceptors (Lipinski definition) is 5. The minimum atomic E-state index is -0.326. The van der Waals surface area contributed by atoms with Crippen molar-refractivity contribution in [1.29, 1.82) is 0 Å². The molecule has 1 aromatic carbocycles. The Balaban J connectivity index is 1.48. The second kappa shape index (κ2) is 8.31. The zero-order chi connectivity index (χ0) is 19.3. The first-order chi connectivity index (χ1) is 13.7. The summed E-state index contributed by atoms with van der Waals surface area (Å²) >= 11 is 1.41. The van der Waals surface area contributed by atoms with Crippen molar-refractivity contribution >= 4 is 28.3 Å². The van der Waals surface area contributed by atoms with Gasteiger partial charge in [0.1, 0.15) is 0 Å². The Morgan fingerprint density at radius 2 is 2.00 bits per heavy atom. The fourth-order valence-corrected chi connectivity index (χ4v) is 4.12. The standard InChI is InChI=1S/C21H20N4O2S/c26-18(13-16-14-28-21(23-16)25-12-6-10-19(25)27)24-20(15-7-2-1-3-8-15)17-9-4-5-11-22-17/h1-5,7-9,11,14,20H,6,10,12-13H2,(H,24,26). The third-order valence-electron chi connectivity index (χ3n) is 4.61. The van der Waals surface area contributed by atoms with Gasteiger partial charge in [-0.3, -0.25) is 19.5 Å². The number of rotatable bonds is 6. The molecule has 1 fully saturated rings. The van der Waals surface area contributed by atoms with E-state index < -0.39 is 0 Å². The number of hydrogen-bond donors (Lipinski definition) is 1. The van der Waals surface area contributed by atoms with Crippen molar-refractivity contribution in [2.45, 2.75) is 25.3 Å². The van der Waals surface area contributed by atoms with Crippen LogP contribution >= 0.6 is 11.3 Å². The normalized spacial score (nSPS) is 14.9. The highest BCUT2D eigenvalue weighted by molar-refractivity contribution is 7.14. The number of aromatic nitrogens is 2. The zero-order valence-electron chi connectivity index (χ0n) is 15.2. The fraction of sp³-hybridized carbons (Fsp3) is 0.238. The molecule has 3 aromatic rings. The number of benzene rings is 1. The van der Waals surface area contributed by atoms with E-state index in [-0.39, 0.29) is 24.3 Å². The molecule has 2 aromatic heterocycles. The van der Waals surface area contributed by atoms with Crippen molar-refractivity contribution < 1.29 is 9.59 Å². The average molecular weight is 392 g/mol. The number of amides is 2. The number of anilines is 1. The number of carbonyl (C=O) groups excluding carboxylic acids is 2. The van der Waals surface area contributed by atoms with Crippen LogP contribution in [0.25, 0.3) is 0 Å². The molecule has 1 aliphatic rings. The minimum absolute atomic E-state index is 0.102. The molecule has 0 spiro atoms. The smallest absolute Gasteiger partial charge is 0.228 e. The van der Waals surface area contributed by atoms with Crippen LogP contribution in [0.5, 0.6) is 0 Å². The van der Waals surface area contributed by atoms with Crippen LogP contribution in [0, 0.1) is 0 Å². The summed E-state index contributed by atoms with van der Waals surface area (Å²) in [5, 5.41) is 5.59. The maximum Gasteiger partial charge on any atom is 0.228 e. The maximum atomic E-state index is 12.7. The van der Waals surface area contributed by atoms with E-state index in [1.165, 1.54) is 11.3 Å². The zero-order valence-corrected chi connectivity index (χ0v) is 16.1. The molecule has 2 amide bonds. The van der Waals surface area contributed by atoms with Gasteiger partial charge in [-0.1, -0.05) is 36.4 Å². The van der Waals surface area contributed by atoms with Crippen LogP contribution in [0.1, 0.15) is 35.8 Å². The molecule has 6 nitrogen and oxygen atoms in total. The van der Waals surface area contributed by atoms with Crippen molar-refractivity contribution in [3.63, 3.8) is 0 Å².